The monoisotopic (exact) mass is 345 g/mol. The minimum absolute atomic E-state index is 0.0212. The van der Waals surface area contributed by atoms with E-state index in [1.54, 1.807) is 0 Å². The summed E-state index contributed by atoms with van der Waals surface area (Å²) in [5.41, 5.74) is 6.02. The fourth-order valence-electron chi connectivity index (χ4n) is 4.69. The number of nitrogens with zero attached hydrogens (tertiary/aromatic N) is 4. The molecule has 1 amide bonds. The molecule has 1 saturated carbocycles. The zero-order valence-electron chi connectivity index (χ0n) is 15.3. The summed E-state index contributed by atoms with van der Waals surface area (Å²) in [6, 6.07) is 0.114. The van der Waals surface area contributed by atoms with Gasteiger partial charge in [0.15, 0.2) is 0 Å². The van der Waals surface area contributed by atoms with Crippen molar-refractivity contribution < 1.29 is 4.79 Å². The van der Waals surface area contributed by atoms with E-state index in [4.69, 9.17) is 5.73 Å². The Labute approximate surface area is 150 Å². The Bertz CT molecular complexity index is 603. The Kier molecular flexibility index (Phi) is 4.82. The highest BCUT2D eigenvalue weighted by atomic mass is 16.2. The molecule has 1 aromatic heterocycles. The number of imidazole rings is 1. The predicted octanol–water partition coefficient (Wildman–Crippen LogP) is 1.42. The summed E-state index contributed by atoms with van der Waals surface area (Å²) in [5, 5.41) is 0. The molecule has 138 valence electrons. The summed E-state index contributed by atoms with van der Waals surface area (Å²) in [7, 11) is 2.01. The number of carbonyl (C=O) groups excluding carboxylic acids is 1. The zero-order chi connectivity index (χ0) is 17.4. The van der Waals surface area contributed by atoms with Crippen molar-refractivity contribution in [3.05, 3.63) is 18.2 Å². The molecule has 0 aromatic carbocycles. The van der Waals surface area contributed by atoms with E-state index in [2.05, 4.69) is 25.5 Å². The number of nitrogens with two attached hydrogens (primary N) is 1. The first kappa shape index (κ1) is 17.0. The fraction of sp³-hybridized carbons (Fsp3) is 0.789. The number of amides is 1. The molecule has 25 heavy (non-hydrogen) atoms. The van der Waals surface area contributed by atoms with Crippen molar-refractivity contribution in [3.8, 4) is 0 Å². The highest BCUT2D eigenvalue weighted by Gasteiger charge is 2.37. The lowest BCUT2D eigenvalue weighted by atomic mass is 9.85. The first-order chi connectivity index (χ1) is 12.1. The molecule has 6 heteroatoms. The second-order valence-corrected chi connectivity index (χ2v) is 8.29. The number of rotatable bonds is 4. The summed E-state index contributed by atoms with van der Waals surface area (Å²) >= 11 is 0. The van der Waals surface area contributed by atoms with Gasteiger partial charge in [-0.2, -0.15) is 0 Å². The van der Waals surface area contributed by atoms with Crippen LogP contribution in [0.1, 0.15) is 50.3 Å². The van der Waals surface area contributed by atoms with Crippen molar-refractivity contribution in [1.82, 2.24) is 19.4 Å². The van der Waals surface area contributed by atoms with Gasteiger partial charge in [0.1, 0.15) is 5.82 Å². The van der Waals surface area contributed by atoms with Crippen molar-refractivity contribution in [2.24, 2.45) is 11.7 Å². The van der Waals surface area contributed by atoms with Gasteiger partial charge in [-0.3, -0.25) is 9.69 Å². The van der Waals surface area contributed by atoms with Crippen LogP contribution in [0.5, 0.6) is 0 Å². The van der Waals surface area contributed by atoms with Crippen LogP contribution in [0.4, 0.5) is 0 Å². The van der Waals surface area contributed by atoms with Crippen molar-refractivity contribution in [2.45, 2.75) is 63.1 Å². The third kappa shape index (κ3) is 3.47. The molecule has 2 atom stereocenters. The van der Waals surface area contributed by atoms with Crippen LogP contribution in [0.25, 0.3) is 0 Å². The van der Waals surface area contributed by atoms with Gasteiger partial charge in [0, 0.05) is 50.5 Å². The van der Waals surface area contributed by atoms with E-state index in [-0.39, 0.29) is 18.0 Å². The number of carbonyl (C=O) groups is 1. The van der Waals surface area contributed by atoms with Gasteiger partial charge in [0.2, 0.25) is 5.91 Å². The van der Waals surface area contributed by atoms with Crippen LogP contribution in [0.2, 0.25) is 0 Å². The van der Waals surface area contributed by atoms with Crippen LogP contribution in [-0.2, 0) is 11.3 Å². The van der Waals surface area contributed by atoms with Crippen molar-refractivity contribution in [3.63, 3.8) is 0 Å². The molecular weight excluding hydrogens is 314 g/mol. The summed E-state index contributed by atoms with van der Waals surface area (Å²) in [6.45, 7) is 3.64. The van der Waals surface area contributed by atoms with E-state index in [1.807, 2.05) is 13.2 Å². The smallest absolute Gasteiger partial charge is 0.239 e. The van der Waals surface area contributed by atoms with Gasteiger partial charge in [-0.15, -0.1) is 0 Å². The van der Waals surface area contributed by atoms with Crippen LogP contribution < -0.4 is 5.73 Å². The van der Waals surface area contributed by atoms with Crippen molar-refractivity contribution >= 4 is 5.91 Å². The van der Waals surface area contributed by atoms with Gasteiger partial charge in [0.25, 0.3) is 0 Å². The molecule has 0 bridgehead atoms. The molecule has 3 heterocycles. The fourth-order valence-corrected chi connectivity index (χ4v) is 4.69. The number of piperidine rings is 1. The Balaban J connectivity index is 1.34. The van der Waals surface area contributed by atoms with Crippen LogP contribution in [0.15, 0.2) is 12.4 Å². The van der Waals surface area contributed by atoms with Crippen LogP contribution in [-0.4, -0.2) is 64.0 Å². The number of hydrogen-bond donors (Lipinski definition) is 1. The molecular formula is C19H31N5O. The average molecular weight is 345 g/mol. The van der Waals surface area contributed by atoms with Crippen LogP contribution >= 0.6 is 0 Å². The SMILES string of the molecule is CN1C[C@@H](N)C[C@H]1C(=O)N1CCC(c2nccn2CC2CCC2)CC1. The van der Waals surface area contributed by atoms with Gasteiger partial charge in [-0.05, 0) is 45.1 Å². The lowest BCUT2D eigenvalue weighted by molar-refractivity contribution is -0.136. The van der Waals surface area contributed by atoms with Gasteiger partial charge in [0.05, 0.1) is 6.04 Å². The lowest BCUT2D eigenvalue weighted by Crippen LogP contribution is -2.47. The molecule has 1 aromatic rings. The second kappa shape index (κ2) is 7.08. The Morgan fingerprint density at radius 1 is 1.28 bits per heavy atom. The first-order valence-electron chi connectivity index (χ1n) is 9.87. The topological polar surface area (TPSA) is 67.4 Å². The number of likely N-dealkylation sites (N-methyl/N-ethyl adjacent to an activating group) is 1. The third-order valence-corrected chi connectivity index (χ3v) is 6.46. The maximum Gasteiger partial charge on any atom is 0.239 e. The van der Waals surface area contributed by atoms with Crippen LogP contribution in [0.3, 0.4) is 0 Å². The average Bonchev–Trinajstić information content (AvgIpc) is 3.16. The maximum absolute atomic E-state index is 12.8. The Hall–Kier alpha value is -1.40. The van der Waals surface area contributed by atoms with E-state index >= 15 is 0 Å². The minimum atomic E-state index is -0.0212. The highest BCUT2D eigenvalue weighted by molar-refractivity contribution is 5.82. The van der Waals surface area contributed by atoms with E-state index < -0.39 is 0 Å². The third-order valence-electron chi connectivity index (χ3n) is 6.46. The minimum Gasteiger partial charge on any atom is -0.341 e. The zero-order valence-corrected chi connectivity index (χ0v) is 15.3. The molecule has 3 aliphatic rings. The molecule has 2 aliphatic heterocycles. The van der Waals surface area contributed by atoms with Gasteiger partial charge < -0.3 is 15.2 Å². The molecule has 3 fully saturated rings. The molecule has 2 saturated heterocycles. The van der Waals surface area contributed by atoms with Crippen molar-refractivity contribution in [2.75, 3.05) is 26.7 Å². The van der Waals surface area contributed by atoms with Gasteiger partial charge >= 0.3 is 0 Å². The molecule has 4 rings (SSSR count). The Morgan fingerprint density at radius 3 is 2.64 bits per heavy atom. The molecule has 0 unspecified atom stereocenters. The second-order valence-electron chi connectivity index (χ2n) is 8.29. The molecule has 0 spiro atoms. The summed E-state index contributed by atoms with van der Waals surface area (Å²) in [6.07, 6.45) is 11.0. The standard InChI is InChI=1S/C19H31N5O/c1-22-13-16(20)11-17(22)19(25)23-8-5-15(6-9-23)18-21-7-10-24(18)12-14-3-2-4-14/h7,10,14-17H,2-6,8-9,11-13,20H2,1H3/t16-,17-/m0/s1. The van der Waals surface area contributed by atoms with Crippen molar-refractivity contribution in [1.29, 1.82) is 0 Å². The summed E-state index contributed by atoms with van der Waals surface area (Å²) in [5.74, 6) is 2.84. The van der Waals surface area contributed by atoms with Crippen LogP contribution in [0, 0.1) is 5.92 Å². The normalized spacial score (nSPS) is 29.1. The quantitative estimate of drug-likeness (QED) is 0.896. The van der Waals surface area contributed by atoms with Gasteiger partial charge in [-0.25, -0.2) is 4.98 Å². The largest absolute Gasteiger partial charge is 0.341 e. The maximum atomic E-state index is 12.8. The predicted molar refractivity (Wildman–Crippen MR) is 97.1 cm³/mol. The van der Waals surface area contributed by atoms with E-state index in [0.717, 1.165) is 51.4 Å². The highest BCUT2D eigenvalue weighted by Crippen LogP contribution is 2.32. The number of aromatic nitrogens is 2. The lowest BCUT2D eigenvalue weighted by Gasteiger charge is -2.35. The van der Waals surface area contributed by atoms with E-state index in [0.29, 0.717) is 5.92 Å². The Morgan fingerprint density at radius 2 is 2.04 bits per heavy atom. The summed E-state index contributed by atoms with van der Waals surface area (Å²) < 4.78 is 2.37. The van der Waals surface area contributed by atoms with E-state index in [9.17, 15) is 4.79 Å². The molecule has 2 N–H and O–H groups in total. The number of hydrogen-bond acceptors (Lipinski definition) is 4. The molecule has 0 radical (unpaired) electrons. The summed E-state index contributed by atoms with van der Waals surface area (Å²) in [4.78, 5) is 21.6. The number of likely N-dealkylation sites (tertiary alicyclic amines) is 2. The van der Waals surface area contributed by atoms with E-state index in [1.165, 1.54) is 25.1 Å². The van der Waals surface area contributed by atoms with Gasteiger partial charge in [-0.1, -0.05) is 6.42 Å². The first-order valence-corrected chi connectivity index (χ1v) is 9.87. The molecule has 6 nitrogen and oxygen atoms in total. The molecule has 1 aliphatic carbocycles.